The second kappa shape index (κ2) is 5.61. The van der Waals surface area contributed by atoms with Gasteiger partial charge in [0.2, 0.25) is 0 Å². The molecule has 3 heteroatoms. The van der Waals surface area contributed by atoms with Gasteiger partial charge in [-0.05, 0) is 44.7 Å². The smallest absolute Gasteiger partial charge is 0.0726 e. The zero-order chi connectivity index (χ0) is 14.1. The van der Waals surface area contributed by atoms with Crippen LogP contribution in [0.5, 0.6) is 0 Å². The summed E-state index contributed by atoms with van der Waals surface area (Å²) in [7, 11) is 0. The van der Waals surface area contributed by atoms with Crippen molar-refractivity contribution in [3.8, 4) is 0 Å². The number of anilines is 1. The van der Waals surface area contributed by atoms with Crippen LogP contribution in [0.2, 0.25) is 0 Å². The number of rotatable bonds is 5. The molecule has 20 heavy (non-hydrogen) atoms. The van der Waals surface area contributed by atoms with E-state index in [4.69, 9.17) is 11.6 Å². The lowest BCUT2D eigenvalue weighted by molar-refractivity contribution is 0.646. The van der Waals surface area contributed by atoms with E-state index in [0.29, 0.717) is 11.9 Å². The van der Waals surface area contributed by atoms with Gasteiger partial charge in [0.25, 0.3) is 0 Å². The Balaban J connectivity index is 2.10. The highest BCUT2D eigenvalue weighted by molar-refractivity contribution is 6.17. The fourth-order valence-corrected chi connectivity index (χ4v) is 2.82. The van der Waals surface area contributed by atoms with Gasteiger partial charge in [-0.15, -0.1) is 11.6 Å². The van der Waals surface area contributed by atoms with Crippen molar-refractivity contribution in [3.63, 3.8) is 0 Å². The van der Waals surface area contributed by atoms with Gasteiger partial charge in [-0.3, -0.25) is 4.98 Å². The molecule has 1 heterocycles. The van der Waals surface area contributed by atoms with Gasteiger partial charge < -0.3 is 4.90 Å². The monoisotopic (exact) mass is 288 g/mol. The van der Waals surface area contributed by atoms with Crippen molar-refractivity contribution < 1.29 is 0 Å². The number of nitrogens with zero attached hydrogens (tertiary/aromatic N) is 2. The maximum Gasteiger partial charge on any atom is 0.0726 e. The van der Waals surface area contributed by atoms with Crippen LogP contribution in [0.3, 0.4) is 0 Å². The van der Waals surface area contributed by atoms with E-state index in [9.17, 15) is 0 Å². The average molecular weight is 289 g/mol. The van der Waals surface area contributed by atoms with E-state index in [2.05, 4.69) is 48.0 Å². The van der Waals surface area contributed by atoms with Gasteiger partial charge >= 0.3 is 0 Å². The Hall–Kier alpha value is -1.28. The third kappa shape index (κ3) is 2.76. The minimum atomic E-state index is 0.465. The van der Waals surface area contributed by atoms with Gasteiger partial charge in [0.1, 0.15) is 0 Å². The van der Waals surface area contributed by atoms with E-state index >= 15 is 0 Å². The highest BCUT2D eigenvalue weighted by Gasteiger charge is 2.26. The van der Waals surface area contributed by atoms with Crippen molar-refractivity contribution >= 4 is 28.2 Å². The molecule has 2 aromatic rings. The molecule has 0 unspecified atom stereocenters. The van der Waals surface area contributed by atoms with E-state index in [1.165, 1.54) is 23.9 Å². The van der Waals surface area contributed by atoms with E-state index in [0.717, 1.165) is 23.7 Å². The predicted molar refractivity (Wildman–Crippen MR) is 86.5 cm³/mol. The number of halogens is 1. The van der Waals surface area contributed by atoms with Gasteiger partial charge in [-0.1, -0.05) is 18.2 Å². The zero-order valence-electron chi connectivity index (χ0n) is 12.1. The molecule has 0 saturated heterocycles. The molecule has 106 valence electrons. The number of pyridine rings is 1. The fourth-order valence-electron chi connectivity index (χ4n) is 2.68. The van der Waals surface area contributed by atoms with Crippen LogP contribution in [-0.2, 0) is 5.88 Å². The summed E-state index contributed by atoms with van der Waals surface area (Å²) >= 11 is 6.02. The summed E-state index contributed by atoms with van der Waals surface area (Å²) in [6.07, 6.45) is 2.74. The molecule has 0 radical (unpaired) electrons. The van der Waals surface area contributed by atoms with Crippen LogP contribution in [0.4, 0.5) is 5.69 Å². The molecule has 1 aromatic carbocycles. The summed E-state index contributed by atoms with van der Waals surface area (Å²) in [6, 6.07) is 11.0. The van der Waals surface area contributed by atoms with Crippen LogP contribution >= 0.6 is 11.6 Å². The lowest BCUT2D eigenvalue weighted by Crippen LogP contribution is -2.33. The highest BCUT2D eigenvalue weighted by atomic mass is 35.5. The third-order valence-corrected chi connectivity index (χ3v) is 4.24. The Bertz CT molecular complexity index is 605. The molecule has 0 bridgehead atoms. The van der Waals surface area contributed by atoms with Gasteiger partial charge in [0.15, 0.2) is 0 Å². The first-order valence-electron chi connectivity index (χ1n) is 7.40. The molecule has 0 N–H and O–H groups in total. The van der Waals surface area contributed by atoms with Crippen LogP contribution in [0.1, 0.15) is 32.4 Å². The lowest BCUT2D eigenvalue weighted by Gasteiger charge is -2.30. The second-order valence-corrected chi connectivity index (χ2v) is 6.24. The molecular formula is C17H21ClN2. The number of fused-ring (bicyclic) bond motifs is 1. The largest absolute Gasteiger partial charge is 0.368 e. The van der Waals surface area contributed by atoms with Gasteiger partial charge in [0, 0.05) is 23.7 Å². The standard InChI is InChI=1S/C17H21ClN2/c1-12(2)20(11-13-7-8-13)17-9-14(10-18)19-16-6-4-3-5-15(16)17/h3-6,9,12-13H,7-8,10-11H2,1-2H3. The summed E-state index contributed by atoms with van der Waals surface area (Å²) in [5, 5.41) is 1.23. The number of aromatic nitrogens is 1. The van der Waals surface area contributed by atoms with Gasteiger partial charge in [0.05, 0.1) is 17.1 Å². The van der Waals surface area contributed by atoms with E-state index in [1.54, 1.807) is 0 Å². The topological polar surface area (TPSA) is 16.1 Å². The average Bonchev–Trinajstić information content (AvgIpc) is 3.27. The maximum atomic E-state index is 6.02. The van der Waals surface area contributed by atoms with Crippen molar-refractivity contribution in [1.82, 2.24) is 4.98 Å². The van der Waals surface area contributed by atoms with Crippen molar-refractivity contribution in [3.05, 3.63) is 36.0 Å². The number of benzene rings is 1. The first-order chi connectivity index (χ1) is 9.69. The van der Waals surface area contributed by atoms with Crippen LogP contribution < -0.4 is 4.90 Å². The first-order valence-corrected chi connectivity index (χ1v) is 7.93. The van der Waals surface area contributed by atoms with Gasteiger partial charge in [-0.25, -0.2) is 0 Å². The summed E-state index contributed by atoms with van der Waals surface area (Å²) in [5.41, 5.74) is 3.29. The molecule has 1 saturated carbocycles. The van der Waals surface area contributed by atoms with Crippen molar-refractivity contribution in [2.75, 3.05) is 11.4 Å². The number of para-hydroxylation sites is 1. The molecular weight excluding hydrogens is 268 g/mol. The van der Waals surface area contributed by atoms with Crippen LogP contribution in [0.25, 0.3) is 10.9 Å². The fraction of sp³-hybridized carbons (Fsp3) is 0.471. The minimum Gasteiger partial charge on any atom is -0.368 e. The number of alkyl halides is 1. The predicted octanol–water partition coefficient (Wildman–Crippen LogP) is 4.60. The Kier molecular flexibility index (Phi) is 3.84. The van der Waals surface area contributed by atoms with E-state index in [-0.39, 0.29) is 0 Å². The van der Waals surface area contributed by atoms with Crippen LogP contribution in [0.15, 0.2) is 30.3 Å². The van der Waals surface area contributed by atoms with E-state index < -0.39 is 0 Å². The Morgan fingerprint density at radius 3 is 2.70 bits per heavy atom. The first kappa shape index (κ1) is 13.7. The second-order valence-electron chi connectivity index (χ2n) is 5.97. The molecule has 2 nitrogen and oxygen atoms in total. The third-order valence-electron chi connectivity index (χ3n) is 3.97. The summed E-state index contributed by atoms with van der Waals surface area (Å²) in [4.78, 5) is 7.14. The van der Waals surface area contributed by atoms with Crippen LogP contribution in [0, 0.1) is 5.92 Å². The molecule has 0 spiro atoms. The Labute approximate surface area is 125 Å². The molecule has 1 aromatic heterocycles. The highest BCUT2D eigenvalue weighted by Crippen LogP contribution is 2.35. The molecule has 0 amide bonds. The summed E-state index contributed by atoms with van der Waals surface area (Å²) in [5.74, 6) is 1.33. The summed E-state index contributed by atoms with van der Waals surface area (Å²) in [6.45, 7) is 5.67. The minimum absolute atomic E-state index is 0.465. The Morgan fingerprint density at radius 1 is 1.30 bits per heavy atom. The molecule has 1 fully saturated rings. The normalized spacial score (nSPS) is 15.0. The molecule has 3 rings (SSSR count). The number of hydrogen-bond donors (Lipinski definition) is 0. The maximum absolute atomic E-state index is 6.02. The van der Waals surface area contributed by atoms with Crippen molar-refractivity contribution in [2.45, 2.75) is 38.6 Å². The van der Waals surface area contributed by atoms with Crippen LogP contribution in [-0.4, -0.2) is 17.6 Å². The molecule has 1 aliphatic rings. The van der Waals surface area contributed by atoms with Crippen molar-refractivity contribution in [1.29, 1.82) is 0 Å². The molecule has 1 aliphatic carbocycles. The molecule has 0 aliphatic heterocycles. The SMILES string of the molecule is CC(C)N(CC1CC1)c1cc(CCl)nc2ccccc12. The molecule has 0 atom stereocenters. The lowest BCUT2D eigenvalue weighted by atomic mass is 10.1. The number of hydrogen-bond acceptors (Lipinski definition) is 2. The zero-order valence-corrected chi connectivity index (χ0v) is 12.9. The van der Waals surface area contributed by atoms with Crippen molar-refractivity contribution in [2.24, 2.45) is 5.92 Å². The van der Waals surface area contributed by atoms with Gasteiger partial charge in [-0.2, -0.15) is 0 Å². The summed E-state index contributed by atoms with van der Waals surface area (Å²) < 4.78 is 0. The Morgan fingerprint density at radius 2 is 2.05 bits per heavy atom. The van der Waals surface area contributed by atoms with E-state index in [1.807, 2.05) is 6.07 Å². The quantitative estimate of drug-likeness (QED) is 0.748.